The molecule has 0 saturated carbocycles. The first kappa shape index (κ1) is 16.1. The monoisotopic (exact) mass is 316 g/mol. The van der Waals surface area contributed by atoms with E-state index in [4.69, 9.17) is 0 Å². The first-order valence-electron chi connectivity index (χ1n) is 6.20. The van der Waals surface area contributed by atoms with Gasteiger partial charge < -0.3 is 10.1 Å². The van der Waals surface area contributed by atoms with Crippen LogP contribution in [0.3, 0.4) is 0 Å². The van der Waals surface area contributed by atoms with Gasteiger partial charge in [0.25, 0.3) is 0 Å². The molecule has 2 aromatic carbocycles. The van der Waals surface area contributed by atoms with Crippen LogP contribution in [0.4, 0.5) is 27.6 Å². The van der Waals surface area contributed by atoms with E-state index in [9.17, 15) is 22.0 Å². The van der Waals surface area contributed by atoms with Gasteiger partial charge in [0.2, 0.25) is 0 Å². The van der Waals surface area contributed by atoms with Gasteiger partial charge in [0.1, 0.15) is 5.75 Å². The average molecular weight is 316 g/mol. The highest BCUT2D eigenvalue weighted by Crippen LogP contribution is 2.37. The van der Waals surface area contributed by atoms with Gasteiger partial charge in [-0.05, 0) is 35.9 Å². The fourth-order valence-corrected chi connectivity index (χ4v) is 1.63. The topological polar surface area (TPSA) is 21.3 Å². The molecular formula is C15H11F5NO. The van der Waals surface area contributed by atoms with Crippen molar-refractivity contribution in [2.45, 2.75) is 18.8 Å². The van der Waals surface area contributed by atoms with Crippen molar-refractivity contribution in [1.29, 1.82) is 0 Å². The van der Waals surface area contributed by atoms with Gasteiger partial charge in [-0.2, -0.15) is 22.0 Å². The molecule has 0 heterocycles. The van der Waals surface area contributed by atoms with E-state index >= 15 is 0 Å². The number of ether oxygens (including phenoxy) is 1. The highest BCUT2D eigenvalue weighted by atomic mass is 19.4. The molecule has 0 saturated heterocycles. The molecule has 2 aromatic rings. The summed E-state index contributed by atoms with van der Waals surface area (Å²) in [5.41, 5.74) is 1.27. The van der Waals surface area contributed by atoms with Crippen LogP contribution >= 0.6 is 0 Å². The van der Waals surface area contributed by atoms with Crippen molar-refractivity contribution in [3.05, 3.63) is 60.2 Å². The maximum Gasteiger partial charge on any atom is 0.499 e. The third-order valence-electron chi connectivity index (χ3n) is 2.69. The lowest BCUT2D eigenvalue weighted by Gasteiger charge is -2.20. The summed E-state index contributed by atoms with van der Waals surface area (Å²) in [7, 11) is 0. The second-order valence-electron chi connectivity index (χ2n) is 4.41. The van der Waals surface area contributed by atoms with Crippen LogP contribution in [0, 0.1) is 6.07 Å². The summed E-state index contributed by atoms with van der Waals surface area (Å²) >= 11 is 0. The van der Waals surface area contributed by atoms with E-state index in [0.29, 0.717) is 5.56 Å². The molecule has 0 amide bonds. The molecule has 7 heteroatoms. The van der Waals surface area contributed by atoms with E-state index in [1.54, 1.807) is 30.3 Å². The molecule has 0 atom stereocenters. The van der Waals surface area contributed by atoms with E-state index in [2.05, 4.69) is 16.1 Å². The van der Waals surface area contributed by atoms with Gasteiger partial charge >= 0.3 is 12.3 Å². The molecular weight excluding hydrogens is 305 g/mol. The van der Waals surface area contributed by atoms with Crippen LogP contribution in [0.15, 0.2) is 48.5 Å². The summed E-state index contributed by atoms with van der Waals surface area (Å²) in [4.78, 5) is 0. The van der Waals surface area contributed by atoms with Gasteiger partial charge in [-0.3, -0.25) is 0 Å². The largest absolute Gasteiger partial charge is 0.499 e. The third kappa shape index (κ3) is 4.09. The summed E-state index contributed by atoms with van der Waals surface area (Å²) in [5.74, 6) is -0.553. The summed E-state index contributed by atoms with van der Waals surface area (Å²) < 4.78 is 65.7. The molecule has 22 heavy (non-hydrogen) atoms. The van der Waals surface area contributed by atoms with Crippen molar-refractivity contribution >= 4 is 5.69 Å². The van der Waals surface area contributed by atoms with Crippen molar-refractivity contribution in [2.75, 3.05) is 5.32 Å². The van der Waals surface area contributed by atoms with Crippen LogP contribution in [0.1, 0.15) is 5.56 Å². The molecule has 0 fully saturated rings. The Bertz CT molecular complexity index is 613. The van der Waals surface area contributed by atoms with Crippen molar-refractivity contribution < 1.29 is 26.7 Å². The number of benzene rings is 2. The van der Waals surface area contributed by atoms with Gasteiger partial charge in [0, 0.05) is 12.2 Å². The molecule has 0 spiro atoms. The molecule has 0 aliphatic rings. The molecule has 1 N–H and O–H groups in total. The van der Waals surface area contributed by atoms with Crippen LogP contribution in [-0.4, -0.2) is 12.3 Å². The number of rotatable bonds is 5. The summed E-state index contributed by atoms with van der Waals surface area (Å²) in [6.07, 6.45) is -11.0. The quantitative estimate of drug-likeness (QED) is 0.812. The van der Waals surface area contributed by atoms with Crippen LogP contribution in [0.2, 0.25) is 0 Å². The molecule has 0 aliphatic carbocycles. The maximum absolute atomic E-state index is 12.8. The number of hydrogen-bond acceptors (Lipinski definition) is 2. The Morgan fingerprint density at radius 1 is 1.00 bits per heavy atom. The minimum Gasteiger partial charge on any atom is -0.426 e. The predicted molar refractivity (Wildman–Crippen MR) is 70.7 cm³/mol. The first-order valence-corrected chi connectivity index (χ1v) is 6.20. The predicted octanol–water partition coefficient (Wildman–Crippen LogP) is 4.63. The van der Waals surface area contributed by atoms with Crippen LogP contribution in [0.25, 0.3) is 0 Å². The Labute approximate surface area is 123 Å². The number of halogens is 5. The minimum atomic E-state index is -5.76. The molecule has 2 rings (SSSR count). The lowest BCUT2D eigenvalue weighted by Crippen LogP contribution is -2.41. The maximum atomic E-state index is 12.8. The molecule has 0 unspecified atom stereocenters. The van der Waals surface area contributed by atoms with Crippen LogP contribution in [-0.2, 0) is 6.54 Å². The van der Waals surface area contributed by atoms with Crippen molar-refractivity contribution in [3.8, 4) is 5.75 Å². The smallest absolute Gasteiger partial charge is 0.426 e. The Balaban J connectivity index is 2.04. The summed E-state index contributed by atoms with van der Waals surface area (Å²) in [6.45, 7) is 0.249. The number of hydrogen-bond donors (Lipinski definition) is 1. The van der Waals surface area contributed by atoms with E-state index in [1.807, 2.05) is 0 Å². The van der Waals surface area contributed by atoms with Crippen molar-refractivity contribution in [2.24, 2.45) is 0 Å². The fourth-order valence-electron chi connectivity index (χ4n) is 1.63. The van der Waals surface area contributed by atoms with Gasteiger partial charge in [-0.15, -0.1) is 0 Å². The first-order chi connectivity index (χ1) is 10.3. The molecule has 0 aromatic heterocycles. The van der Waals surface area contributed by atoms with E-state index in [-0.39, 0.29) is 6.54 Å². The zero-order chi connectivity index (χ0) is 16.2. The second kappa shape index (κ2) is 6.21. The molecule has 0 aliphatic heterocycles. The number of alkyl halides is 5. The van der Waals surface area contributed by atoms with E-state index in [0.717, 1.165) is 17.8 Å². The Morgan fingerprint density at radius 2 is 1.68 bits per heavy atom. The average Bonchev–Trinajstić information content (AvgIpc) is 2.45. The summed E-state index contributed by atoms with van der Waals surface area (Å²) in [6, 6.07) is 14.8. The second-order valence-corrected chi connectivity index (χ2v) is 4.41. The molecule has 1 radical (unpaired) electrons. The van der Waals surface area contributed by atoms with Gasteiger partial charge in [-0.25, -0.2) is 0 Å². The van der Waals surface area contributed by atoms with Crippen LogP contribution in [0.5, 0.6) is 5.75 Å². The Kier molecular flexibility index (Phi) is 4.54. The fraction of sp³-hybridized carbons (Fsp3) is 0.200. The minimum absolute atomic E-state index is 0.249. The highest BCUT2D eigenvalue weighted by molar-refractivity contribution is 5.43. The Morgan fingerprint density at radius 3 is 2.32 bits per heavy atom. The lowest BCUT2D eigenvalue weighted by atomic mass is 10.2. The van der Waals surface area contributed by atoms with Crippen molar-refractivity contribution in [3.63, 3.8) is 0 Å². The van der Waals surface area contributed by atoms with Gasteiger partial charge in [0.05, 0.1) is 0 Å². The van der Waals surface area contributed by atoms with E-state index in [1.165, 1.54) is 6.07 Å². The molecule has 0 bridgehead atoms. The Hall–Kier alpha value is -2.31. The standard InChI is InChI=1S/C15H11F5NO/c16-14(17,18)15(19,20)22-13-8-4-5-11(9-13)10-21-12-6-2-1-3-7-12/h2-9,21H,10H2. The normalized spacial score (nSPS) is 12.0. The zero-order valence-electron chi connectivity index (χ0n) is 11.1. The highest BCUT2D eigenvalue weighted by Gasteiger charge is 2.61. The molecule has 2 nitrogen and oxygen atoms in total. The lowest BCUT2D eigenvalue weighted by molar-refractivity contribution is -0.360. The SMILES string of the molecule is FC(F)(F)C(F)(F)Oc1cccc(CNc2cc[c]cc2)c1. The zero-order valence-corrected chi connectivity index (χ0v) is 11.1. The van der Waals surface area contributed by atoms with Crippen molar-refractivity contribution in [1.82, 2.24) is 0 Å². The summed E-state index contributed by atoms with van der Waals surface area (Å²) in [5, 5.41) is 3.00. The molecule has 117 valence electrons. The number of nitrogens with one attached hydrogen (secondary N) is 1. The third-order valence-corrected chi connectivity index (χ3v) is 2.69. The van der Waals surface area contributed by atoms with Gasteiger partial charge in [-0.1, -0.05) is 24.3 Å². The number of anilines is 1. The van der Waals surface area contributed by atoms with Crippen LogP contribution < -0.4 is 10.1 Å². The van der Waals surface area contributed by atoms with E-state index < -0.39 is 18.0 Å². The van der Waals surface area contributed by atoms with Gasteiger partial charge in [0.15, 0.2) is 0 Å².